The van der Waals surface area contributed by atoms with Crippen molar-refractivity contribution in [3.05, 3.63) is 0 Å². The number of hydrogen-bond donors (Lipinski definition) is 0. The van der Waals surface area contributed by atoms with Gasteiger partial charge < -0.3 is 13.9 Å². The number of hydrogen-bond acceptors (Lipinski definition) is 4. The zero-order valence-corrected chi connectivity index (χ0v) is 26.4. The van der Waals surface area contributed by atoms with Crippen LogP contribution >= 0.6 is 0 Å². The molecule has 11 atom stereocenters. The Morgan fingerprint density at radius 3 is 2.38 bits per heavy atom. The van der Waals surface area contributed by atoms with Gasteiger partial charge in [0.1, 0.15) is 17.8 Å². The van der Waals surface area contributed by atoms with Crippen molar-refractivity contribution in [2.24, 2.45) is 46.3 Å². The second-order valence-electron chi connectivity index (χ2n) is 15.8. The molecule has 4 aliphatic carbocycles. The highest BCUT2D eigenvalue weighted by molar-refractivity contribution is 6.69. The van der Waals surface area contributed by atoms with Gasteiger partial charge in [0.25, 0.3) is 0 Å². The number of carbonyl (C=O) groups excluding carboxylic acids is 1. The van der Waals surface area contributed by atoms with Crippen LogP contribution in [0.1, 0.15) is 106 Å². The minimum absolute atomic E-state index is 0.113. The molecule has 0 amide bonds. The first kappa shape index (κ1) is 28.1. The van der Waals surface area contributed by atoms with Crippen molar-refractivity contribution in [1.82, 2.24) is 0 Å². The molecule has 37 heavy (non-hydrogen) atoms. The maximum Gasteiger partial charge on any atom is 0.302 e. The zero-order valence-electron chi connectivity index (χ0n) is 25.4. The van der Waals surface area contributed by atoms with E-state index in [-0.39, 0.29) is 35.3 Å². The van der Waals surface area contributed by atoms with Crippen LogP contribution in [0.2, 0.25) is 19.6 Å². The zero-order chi connectivity index (χ0) is 27.0. The number of fused-ring (bicyclic) bond motifs is 4. The van der Waals surface area contributed by atoms with Gasteiger partial charge in [-0.2, -0.15) is 0 Å². The van der Waals surface area contributed by atoms with Crippen LogP contribution in [-0.2, 0) is 18.7 Å². The SMILES string of the molecule is CC(=O)O[C@H]1CC[C@]2(C)[C@H]3CC[C@]4(C)[C@@H]([C@H](C)CCCC(C)C)CC[C@H]4[C@@H]3CC3OC32[C@H]1O[Si](C)(C)C. The van der Waals surface area contributed by atoms with Crippen LogP contribution in [0, 0.1) is 46.3 Å². The topological polar surface area (TPSA) is 48.1 Å². The van der Waals surface area contributed by atoms with E-state index in [1.807, 2.05) is 0 Å². The quantitative estimate of drug-likeness (QED) is 0.180. The van der Waals surface area contributed by atoms with Crippen molar-refractivity contribution < 1.29 is 18.7 Å². The molecule has 4 nitrogen and oxygen atoms in total. The Hall–Kier alpha value is -0.393. The first-order valence-corrected chi connectivity index (χ1v) is 19.2. The molecule has 0 radical (unpaired) electrons. The van der Waals surface area contributed by atoms with E-state index in [0.29, 0.717) is 11.3 Å². The summed E-state index contributed by atoms with van der Waals surface area (Å²) in [6.45, 7) is 20.8. The van der Waals surface area contributed by atoms with E-state index in [1.165, 1.54) is 51.4 Å². The summed E-state index contributed by atoms with van der Waals surface area (Å²) in [6, 6.07) is 0. The molecule has 2 unspecified atom stereocenters. The fourth-order valence-electron chi connectivity index (χ4n) is 10.6. The lowest BCUT2D eigenvalue weighted by atomic mass is 9.43. The molecule has 1 heterocycles. The molecule has 0 aromatic rings. The minimum atomic E-state index is -1.86. The van der Waals surface area contributed by atoms with Crippen LogP contribution < -0.4 is 0 Å². The minimum Gasteiger partial charge on any atom is -0.460 e. The molecule has 5 aliphatic rings. The van der Waals surface area contributed by atoms with Gasteiger partial charge in [0.15, 0.2) is 8.32 Å². The summed E-state index contributed by atoms with van der Waals surface area (Å²) in [5, 5.41) is 0. The molecule has 5 heteroatoms. The Labute approximate surface area is 228 Å². The van der Waals surface area contributed by atoms with Gasteiger partial charge in [0.2, 0.25) is 0 Å². The Balaban J connectivity index is 1.38. The van der Waals surface area contributed by atoms with Crippen molar-refractivity contribution in [2.45, 2.75) is 149 Å². The lowest BCUT2D eigenvalue weighted by Gasteiger charge is -2.61. The molecule has 5 rings (SSSR count). The average Bonchev–Trinajstić information content (AvgIpc) is 3.40. The maximum atomic E-state index is 12.0. The monoisotopic (exact) mass is 532 g/mol. The van der Waals surface area contributed by atoms with Gasteiger partial charge in [-0.3, -0.25) is 4.79 Å². The van der Waals surface area contributed by atoms with E-state index in [2.05, 4.69) is 54.3 Å². The van der Waals surface area contributed by atoms with Gasteiger partial charge in [-0.15, -0.1) is 0 Å². The second kappa shape index (κ2) is 9.61. The molecule has 0 bridgehead atoms. The fraction of sp³-hybridized carbons (Fsp3) is 0.969. The van der Waals surface area contributed by atoms with Gasteiger partial charge in [-0.25, -0.2) is 0 Å². The Morgan fingerprint density at radius 2 is 1.73 bits per heavy atom. The molecule has 212 valence electrons. The second-order valence-corrected chi connectivity index (χ2v) is 20.3. The van der Waals surface area contributed by atoms with Crippen LogP contribution in [0.5, 0.6) is 0 Å². The summed E-state index contributed by atoms with van der Waals surface area (Å²) < 4.78 is 19.7. The van der Waals surface area contributed by atoms with Crippen molar-refractivity contribution in [3.8, 4) is 0 Å². The molecule has 0 aromatic carbocycles. The van der Waals surface area contributed by atoms with E-state index < -0.39 is 8.32 Å². The van der Waals surface area contributed by atoms with Crippen LogP contribution in [0.15, 0.2) is 0 Å². The molecule has 0 aromatic heterocycles. The Morgan fingerprint density at radius 1 is 1.00 bits per heavy atom. The molecule has 1 saturated heterocycles. The Kier molecular flexibility index (Phi) is 7.31. The standard InChI is InChI=1S/C32H56O4Si/c1-20(2)11-10-12-21(3)24-13-14-25-23-19-28-32(35-28)29(36-37(7,8)9)27(34-22(4)33)16-18-31(32,6)26(23)15-17-30(24,25)5/h20-21,23-29H,10-19H2,1-9H3/t21-,23+,24-,25+,26+,27+,28?,29+,30-,31-,32?/m1/s1. The number of carbonyl (C=O) groups is 1. The van der Waals surface area contributed by atoms with Crippen molar-refractivity contribution in [3.63, 3.8) is 0 Å². The maximum absolute atomic E-state index is 12.0. The summed E-state index contributed by atoms with van der Waals surface area (Å²) >= 11 is 0. The number of rotatable bonds is 8. The number of epoxide rings is 1. The third kappa shape index (κ3) is 4.59. The molecular formula is C32H56O4Si. The first-order chi connectivity index (χ1) is 17.2. The van der Waals surface area contributed by atoms with E-state index in [1.54, 1.807) is 6.92 Å². The van der Waals surface area contributed by atoms with Crippen LogP contribution in [-0.4, -0.2) is 38.2 Å². The third-order valence-corrected chi connectivity index (χ3v) is 13.1. The van der Waals surface area contributed by atoms with Gasteiger partial charge in [-0.05, 0) is 106 Å². The summed E-state index contributed by atoms with van der Waals surface area (Å²) in [5.74, 6) is 4.67. The summed E-state index contributed by atoms with van der Waals surface area (Å²) in [7, 11) is -1.86. The van der Waals surface area contributed by atoms with E-state index in [9.17, 15) is 4.79 Å². The van der Waals surface area contributed by atoms with Gasteiger partial charge in [0.05, 0.1) is 6.10 Å². The molecule has 0 N–H and O–H groups in total. The van der Waals surface area contributed by atoms with Crippen molar-refractivity contribution >= 4 is 14.3 Å². The highest BCUT2D eigenvalue weighted by Crippen LogP contribution is 2.75. The van der Waals surface area contributed by atoms with Gasteiger partial charge >= 0.3 is 5.97 Å². The molecule has 5 fully saturated rings. The van der Waals surface area contributed by atoms with Crippen LogP contribution in [0.25, 0.3) is 0 Å². The Bertz CT molecular complexity index is 867. The predicted molar refractivity (Wildman–Crippen MR) is 152 cm³/mol. The van der Waals surface area contributed by atoms with Crippen molar-refractivity contribution in [2.75, 3.05) is 0 Å². The molecule has 1 aliphatic heterocycles. The number of esters is 1. The van der Waals surface area contributed by atoms with Crippen molar-refractivity contribution in [1.29, 1.82) is 0 Å². The van der Waals surface area contributed by atoms with E-state index in [4.69, 9.17) is 13.9 Å². The fourth-order valence-corrected chi connectivity index (χ4v) is 11.7. The van der Waals surface area contributed by atoms with E-state index >= 15 is 0 Å². The summed E-state index contributed by atoms with van der Waals surface area (Å²) in [5.41, 5.74) is 0.347. The van der Waals surface area contributed by atoms with Gasteiger partial charge in [-0.1, -0.05) is 53.9 Å². The highest BCUT2D eigenvalue weighted by Gasteiger charge is 2.80. The largest absolute Gasteiger partial charge is 0.460 e. The smallest absolute Gasteiger partial charge is 0.302 e. The van der Waals surface area contributed by atoms with Crippen LogP contribution in [0.4, 0.5) is 0 Å². The molecule has 4 saturated carbocycles. The first-order valence-electron chi connectivity index (χ1n) is 15.8. The lowest BCUT2D eigenvalue weighted by Crippen LogP contribution is -2.66. The lowest BCUT2D eigenvalue weighted by molar-refractivity contribution is -0.183. The van der Waals surface area contributed by atoms with Crippen LogP contribution in [0.3, 0.4) is 0 Å². The molecule has 1 spiro atoms. The average molecular weight is 533 g/mol. The number of ether oxygens (including phenoxy) is 2. The predicted octanol–water partition coefficient (Wildman–Crippen LogP) is 8.00. The van der Waals surface area contributed by atoms with E-state index in [0.717, 1.165) is 42.4 Å². The molecular weight excluding hydrogens is 476 g/mol. The highest BCUT2D eigenvalue weighted by atomic mass is 28.4. The van der Waals surface area contributed by atoms with Gasteiger partial charge in [0, 0.05) is 12.3 Å². The normalized spacial score (nSPS) is 47.5. The summed E-state index contributed by atoms with van der Waals surface area (Å²) in [4.78, 5) is 12.0. The third-order valence-electron chi connectivity index (χ3n) is 12.1. The summed E-state index contributed by atoms with van der Waals surface area (Å²) in [6.07, 6.45) is 12.9.